The van der Waals surface area contributed by atoms with E-state index in [1.807, 2.05) is 6.07 Å². The number of phenolic OH excluding ortho intramolecular Hbond substituents is 1. The van der Waals surface area contributed by atoms with Crippen molar-refractivity contribution in [2.45, 2.75) is 12.4 Å². The number of aromatic hydroxyl groups is 1. The highest BCUT2D eigenvalue weighted by Crippen LogP contribution is 2.40. The number of nitrogen functional groups attached to an aromatic ring is 1. The molecule has 0 aliphatic carbocycles. The van der Waals surface area contributed by atoms with Gasteiger partial charge < -0.3 is 16.2 Å². The molecule has 0 unspecified atom stereocenters. The van der Waals surface area contributed by atoms with E-state index in [-0.39, 0.29) is 28.6 Å². The molecule has 0 aliphatic heterocycles. The van der Waals surface area contributed by atoms with E-state index in [4.69, 9.17) is 5.73 Å². The van der Waals surface area contributed by atoms with Crippen molar-refractivity contribution < 1.29 is 31.4 Å². The number of benzene rings is 3. The van der Waals surface area contributed by atoms with Gasteiger partial charge in [-0.05, 0) is 42.0 Å². The lowest BCUT2D eigenvalue weighted by Crippen LogP contribution is -2.11. The van der Waals surface area contributed by atoms with Gasteiger partial charge in [0.1, 0.15) is 11.8 Å². The van der Waals surface area contributed by atoms with E-state index in [0.29, 0.717) is 23.4 Å². The number of nitrogens with zero attached hydrogens (tertiary/aromatic N) is 1. The zero-order valence-electron chi connectivity index (χ0n) is 15.4. The lowest BCUT2D eigenvalue weighted by atomic mass is 10.00. The van der Waals surface area contributed by atoms with Gasteiger partial charge in [0, 0.05) is 23.0 Å². The molecule has 0 saturated carbocycles. The molecular weight excluding hydrogens is 424 g/mol. The maximum absolute atomic E-state index is 13.1. The van der Waals surface area contributed by atoms with E-state index in [2.05, 4.69) is 5.32 Å². The van der Waals surface area contributed by atoms with Crippen molar-refractivity contribution in [2.24, 2.45) is 0 Å². The first-order valence-corrected chi connectivity index (χ1v) is 8.58. The van der Waals surface area contributed by atoms with Crippen LogP contribution in [-0.2, 0) is 12.4 Å². The third-order valence-corrected chi connectivity index (χ3v) is 4.34. The molecule has 0 bridgehead atoms. The average molecular weight is 437 g/mol. The number of hydrogen-bond acceptors (Lipinski definition) is 4. The van der Waals surface area contributed by atoms with Crippen LogP contribution in [0.5, 0.6) is 5.75 Å². The molecular formula is C21H13F6N3O. The van der Waals surface area contributed by atoms with Crippen molar-refractivity contribution in [1.29, 1.82) is 5.26 Å². The van der Waals surface area contributed by atoms with Crippen molar-refractivity contribution in [2.75, 3.05) is 11.1 Å². The van der Waals surface area contributed by atoms with Crippen LogP contribution < -0.4 is 11.1 Å². The van der Waals surface area contributed by atoms with Gasteiger partial charge in [-0.25, -0.2) is 0 Å². The quantitative estimate of drug-likeness (QED) is 0.332. The average Bonchev–Trinajstić information content (AvgIpc) is 2.67. The number of nitriles is 1. The zero-order valence-corrected chi connectivity index (χ0v) is 15.4. The second-order valence-electron chi connectivity index (χ2n) is 6.57. The van der Waals surface area contributed by atoms with Crippen molar-refractivity contribution >= 4 is 17.1 Å². The Morgan fingerprint density at radius 2 is 1.39 bits per heavy atom. The summed E-state index contributed by atoms with van der Waals surface area (Å²) in [4.78, 5) is 0. The number of halogens is 6. The van der Waals surface area contributed by atoms with Gasteiger partial charge in [0.2, 0.25) is 0 Å². The Morgan fingerprint density at radius 1 is 0.839 bits per heavy atom. The molecule has 0 amide bonds. The van der Waals surface area contributed by atoms with E-state index in [1.165, 1.54) is 6.07 Å². The van der Waals surface area contributed by atoms with Crippen LogP contribution in [0, 0.1) is 11.3 Å². The molecule has 0 aliphatic rings. The first kappa shape index (κ1) is 21.8. The summed E-state index contributed by atoms with van der Waals surface area (Å²) in [7, 11) is 0. The van der Waals surface area contributed by atoms with Gasteiger partial charge in [-0.15, -0.1) is 0 Å². The molecule has 160 valence electrons. The summed E-state index contributed by atoms with van der Waals surface area (Å²) in [6.45, 7) is 0. The first-order valence-electron chi connectivity index (χ1n) is 8.58. The molecule has 0 heterocycles. The number of anilines is 3. The topological polar surface area (TPSA) is 82.1 Å². The fourth-order valence-electron chi connectivity index (χ4n) is 2.86. The molecule has 4 N–H and O–H groups in total. The maximum atomic E-state index is 13.1. The third-order valence-electron chi connectivity index (χ3n) is 4.34. The van der Waals surface area contributed by atoms with Crippen LogP contribution in [0.15, 0.2) is 54.6 Å². The third kappa shape index (κ3) is 4.83. The Bertz CT molecular complexity index is 1130. The van der Waals surface area contributed by atoms with Crippen molar-refractivity contribution in [3.8, 4) is 22.9 Å². The molecule has 0 radical (unpaired) electrons. The fourth-order valence-corrected chi connectivity index (χ4v) is 2.86. The fraction of sp³-hybridized carbons (Fsp3) is 0.0952. The van der Waals surface area contributed by atoms with Crippen LogP contribution >= 0.6 is 0 Å². The Balaban J connectivity index is 2.07. The predicted molar refractivity (Wildman–Crippen MR) is 102 cm³/mol. The molecule has 0 fully saturated rings. The number of phenols is 1. The SMILES string of the molecule is N#Cc1cc(-c2ccc(N)cc2)c(O)cc1Nc1cc(C(F)(F)F)cc(C(F)(F)F)c1. The summed E-state index contributed by atoms with van der Waals surface area (Å²) in [6, 6.07) is 11.4. The molecule has 0 atom stereocenters. The van der Waals surface area contributed by atoms with Gasteiger partial charge in [-0.1, -0.05) is 12.1 Å². The Kier molecular flexibility index (Phi) is 5.46. The van der Waals surface area contributed by atoms with Gasteiger partial charge in [0.05, 0.1) is 22.4 Å². The summed E-state index contributed by atoms with van der Waals surface area (Å²) < 4.78 is 78.3. The number of alkyl halides is 6. The Labute approximate surface area is 172 Å². The second kappa shape index (κ2) is 7.75. The van der Waals surface area contributed by atoms with Crippen LogP contribution in [0.2, 0.25) is 0 Å². The van der Waals surface area contributed by atoms with Crippen molar-refractivity contribution in [1.82, 2.24) is 0 Å². The summed E-state index contributed by atoms with van der Waals surface area (Å²) >= 11 is 0. The zero-order chi connectivity index (χ0) is 23.0. The van der Waals surface area contributed by atoms with Crippen molar-refractivity contribution in [3.05, 3.63) is 71.3 Å². The normalized spacial score (nSPS) is 11.8. The van der Waals surface area contributed by atoms with Gasteiger partial charge in [0.25, 0.3) is 0 Å². The highest BCUT2D eigenvalue weighted by atomic mass is 19.4. The number of nitrogens with two attached hydrogens (primary N) is 1. The smallest absolute Gasteiger partial charge is 0.416 e. The summed E-state index contributed by atoms with van der Waals surface area (Å²) in [5.74, 6) is -0.339. The first-order chi connectivity index (χ1) is 14.4. The lowest BCUT2D eigenvalue weighted by molar-refractivity contribution is -0.143. The van der Waals surface area contributed by atoms with E-state index in [1.54, 1.807) is 24.3 Å². The van der Waals surface area contributed by atoms with Gasteiger partial charge >= 0.3 is 12.4 Å². The lowest BCUT2D eigenvalue weighted by Gasteiger charge is -2.16. The molecule has 31 heavy (non-hydrogen) atoms. The minimum Gasteiger partial charge on any atom is -0.507 e. The Hall–Kier alpha value is -3.87. The van der Waals surface area contributed by atoms with Crippen molar-refractivity contribution in [3.63, 3.8) is 0 Å². The number of nitrogens with one attached hydrogen (secondary N) is 1. The van der Waals surface area contributed by atoms with Crippen LogP contribution in [-0.4, -0.2) is 5.11 Å². The molecule has 0 aromatic heterocycles. The molecule has 4 nitrogen and oxygen atoms in total. The van der Waals surface area contributed by atoms with Crippen LogP contribution in [0.3, 0.4) is 0 Å². The Morgan fingerprint density at radius 3 is 1.87 bits per heavy atom. The summed E-state index contributed by atoms with van der Waals surface area (Å²) in [6.07, 6.45) is -10.0. The monoisotopic (exact) mass is 437 g/mol. The molecule has 3 rings (SSSR count). The highest BCUT2D eigenvalue weighted by Gasteiger charge is 2.37. The highest BCUT2D eigenvalue weighted by molar-refractivity contribution is 5.79. The van der Waals surface area contributed by atoms with E-state index >= 15 is 0 Å². The number of rotatable bonds is 3. The summed E-state index contributed by atoms with van der Waals surface area (Å²) in [5.41, 5.74) is 3.00. The van der Waals surface area contributed by atoms with Crippen LogP contribution in [0.4, 0.5) is 43.4 Å². The molecule has 3 aromatic carbocycles. The molecule has 0 spiro atoms. The van der Waals surface area contributed by atoms with Crippen LogP contribution in [0.1, 0.15) is 16.7 Å². The maximum Gasteiger partial charge on any atom is 0.416 e. The van der Waals surface area contributed by atoms with E-state index in [0.717, 1.165) is 6.07 Å². The predicted octanol–water partition coefficient (Wildman–Crippen LogP) is 6.29. The van der Waals surface area contributed by atoms with E-state index in [9.17, 15) is 36.7 Å². The van der Waals surface area contributed by atoms with E-state index < -0.39 is 29.2 Å². The van der Waals surface area contributed by atoms with Gasteiger partial charge in [0.15, 0.2) is 0 Å². The summed E-state index contributed by atoms with van der Waals surface area (Å²) in [5, 5.41) is 22.1. The van der Waals surface area contributed by atoms with Gasteiger partial charge in [-0.2, -0.15) is 31.6 Å². The minimum atomic E-state index is -5.02. The molecule has 0 saturated heterocycles. The second-order valence-corrected chi connectivity index (χ2v) is 6.57. The largest absolute Gasteiger partial charge is 0.507 e. The van der Waals surface area contributed by atoms with Gasteiger partial charge in [-0.3, -0.25) is 0 Å². The molecule has 3 aromatic rings. The minimum absolute atomic E-state index is 0.00192. The number of hydrogen-bond donors (Lipinski definition) is 3. The molecule has 10 heteroatoms. The standard InChI is InChI=1S/C21H13F6N3O/c22-20(23,24)13-6-14(21(25,26)27)8-16(7-13)30-18-9-19(31)17(5-12(18)10-28)11-1-3-15(29)4-2-11/h1-9,30-31H,29H2. The van der Waals surface area contributed by atoms with Crippen LogP contribution in [0.25, 0.3) is 11.1 Å².